The zero-order chi connectivity index (χ0) is 18.7. The Labute approximate surface area is 151 Å². The van der Waals surface area contributed by atoms with Crippen LogP contribution in [0.5, 0.6) is 11.5 Å². The molecule has 6 heteroatoms. The molecule has 1 saturated carbocycles. The van der Waals surface area contributed by atoms with Crippen LogP contribution in [0.4, 0.5) is 0 Å². The third-order valence-electron chi connectivity index (χ3n) is 4.57. The van der Waals surface area contributed by atoms with Gasteiger partial charge in [0.05, 0.1) is 24.3 Å². The number of hydrogen-bond donors (Lipinski definition) is 2. The number of ether oxygens (including phenoxy) is 2. The largest absolute Gasteiger partial charge is 0.493 e. The maximum atomic E-state index is 11.4. The summed E-state index contributed by atoms with van der Waals surface area (Å²) in [7, 11) is 1.57. The highest BCUT2D eigenvalue weighted by Crippen LogP contribution is 2.36. The van der Waals surface area contributed by atoms with E-state index in [1.54, 1.807) is 31.4 Å². The van der Waals surface area contributed by atoms with E-state index in [0.29, 0.717) is 17.1 Å². The van der Waals surface area contributed by atoms with Crippen LogP contribution in [0.15, 0.2) is 36.4 Å². The highest BCUT2D eigenvalue weighted by atomic mass is 16.5. The lowest BCUT2D eigenvalue weighted by molar-refractivity contribution is 0.0651. The molecule has 0 atom stereocenters. The number of carboxylic acid groups (broad SMARTS) is 2. The first kappa shape index (κ1) is 17.8. The summed E-state index contributed by atoms with van der Waals surface area (Å²) in [4.78, 5) is 22.6. The Morgan fingerprint density at radius 1 is 0.885 bits per heavy atom. The lowest BCUT2D eigenvalue weighted by Crippen LogP contribution is -2.11. The van der Waals surface area contributed by atoms with Crippen molar-refractivity contribution < 1.29 is 29.3 Å². The summed E-state index contributed by atoms with van der Waals surface area (Å²) in [6.45, 7) is 0. The zero-order valence-corrected chi connectivity index (χ0v) is 14.4. The Morgan fingerprint density at radius 3 is 2.12 bits per heavy atom. The Hall–Kier alpha value is -3.02. The van der Waals surface area contributed by atoms with Crippen molar-refractivity contribution in [2.24, 2.45) is 0 Å². The molecule has 1 aliphatic rings. The van der Waals surface area contributed by atoms with Gasteiger partial charge in [0.25, 0.3) is 0 Å². The molecule has 2 N–H and O–H groups in total. The van der Waals surface area contributed by atoms with Crippen LogP contribution in [0.3, 0.4) is 0 Å². The van der Waals surface area contributed by atoms with Crippen LogP contribution in [0.2, 0.25) is 0 Å². The van der Waals surface area contributed by atoms with Crippen LogP contribution in [0.1, 0.15) is 46.4 Å². The molecule has 2 aromatic rings. The molecular weight excluding hydrogens is 336 g/mol. The minimum Gasteiger partial charge on any atom is -0.493 e. The quantitative estimate of drug-likeness (QED) is 0.810. The molecule has 3 rings (SSSR count). The van der Waals surface area contributed by atoms with Crippen molar-refractivity contribution in [3.63, 3.8) is 0 Å². The van der Waals surface area contributed by atoms with E-state index in [0.717, 1.165) is 31.2 Å². The van der Waals surface area contributed by atoms with E-state index in [1.807, 2.05) is 0 Å². The second kappa shape index (κ2) is 7.47. The molecule has 0 unspecified atom stereocenters. The standard InChI is InChI=1S/C20H20O6/c1-25-17-9-7-13(11-18(17)26-14-4-2-3-5-14)12-6-8-15(19(21)22)16(10-12)20(23)24/h6-11,14H,2-5H2,1H3,(H,21,22)(H,23,24). The van der Waals surface area contributed by atoms with Crippen LogP contribution in [-0.4, -0.2) is 35.4 Å². The average Bonchev–Trinajstić information content (AvgIpc) is 3.14. The number of carboxylic acids is 2. The van der Waals surface area contributed by atoms with Gasteiger partial charge in [0.1, 0.15) is 0 Å². The minimum atomic E-state index is -1.28. The molecule has 0 bridgehead atoms. The van der Waals surface area contributed by atoms with Crippen LogP contribution >= 0.6 is 0 Å². The molecule has 0 amide bonds. The zero-order valence-electron chi connectivity index (χ0n) is 14.4. The van der Waals surface area contributed by atoms with Crippen molar-refractivity contribution in [2.75, 3.05) is 7.11 Å². The van der Waals surface area contributed by atoms with E-state index in [-0.39, 0.29) is 17.2 Å². The van der Waals surface area contributed by atoms with Crippen molar-refractivity contribution in [3.05, 3.63) is 47.5 Å². The van der Waals surface area contributed by atoms with Crippen molar-refractivity contribution >= 4 is 11.9 Å². The highest BCUT2D eigenvalue weighted by Gasteiger charge is 2.20. The van der Waals surface area contributed by atoms with Gasteiger partial charge in [-0.2, -0.15) is 0 Å². The maximum Gasteiger partial charge on any atom is 0.336 e. The van der Waals surface area contributed by atoms with Crippen LogP contribution in [0, 0.1) is 0 Å². The third kappa shape index (κ3) is 3.64. The summed E-state index contributed by atoms with van der Waals surface area (Å²) in [5, 5.41) is 18.5. The minimum absolute atomic E-state index is 0.156. The van der Waals surface area contributed by atoms with E-state index >= 15 is 0 Å². The van der Waals surface area contributed by atoms with Gasteiger partial charge in [-0.15, -0.1) is 0 Å². The van der Waals surface area contributed by atoms with Gasteiger partial charge >= 0.3 is 11.9 Å². The van der Waals surface area contributed by atoms with E-state index in [2.05, 4.69) is 0 Å². The van der Waals surface area contributed by atoms with Gasteiger partial charge in [-0.25, -0.2) is 9.59 Å². The number of carbonyl (C=O) groups is 2. The first-order chi connectivity index (χ1) is 12.5. The summed E-state index contributed by atoms with van der Waals surface area (Å²) in [6.07, 6.45) is 4.45. The fraction of sp³-hybridized carbons (Fsp3) is 0.300. The second-order valence-electron chi connectivity index (χ2n) is 6.26. The van der Waals surface area contributed by atoms with Gasteiger partial charge in [0.2, 0.25) is 0 Å². The summed E-state index contributed by atoms with van der Waals surface area (Å²) >= 11 is 0. The lowest BCUT2D eigenvalue weighted by atomic mass is 9.98. The van der Waals surface area contributed by atoms with Crippen molar-refractivity contribution in [2.45, 2.75) is 31.8 Å². The molecule has 0 radical (unpaired) electrons. The van der Waals surface area contributed by atoms with Crippen LogP contribution in [-0.2, 0) is 0 Å². The molecule has 0 spiro atoms. The van der Waals surface area contributed by atoms with Gasteiger partial charge < -0.3 is 19.7 Å². The lowest BCUT2D eigenvalue weighted by Gasteiger charge is -2.17. The summed E-state index contributed by atoms with van der Waals surface area (Å²) in [6, 6.07) is 9.64. The summed E-state index contributed by atoms with van der Waals surface area (Å²) in [5.41, 5.74) is 0.853. The Morgan fingerprint density at radius 2 is 1.50 bits per heavy atom. The van der Waals surface area contributed by atoms with Gasteiger partial charge in [0, 0.05) is 0 Å². The number of aromatic carboxylic acids is 2. The third-order valence-corrected chi connectivity index (χ3v) is 4.57. The average molecular weight is 356 g/mol. The fourth-order valence-corrected chi connectivity index (χ4v) is 3.22. The molecule has 2 aromatic carbocycles. The molecule has 0 aliphatic heterocycles. The van der Waals surface area contributed by atoms with Crippen molar-refractivity contribution in [3.8, 4) is 22.6 Å². The Bertz CT molecular complexity index is 836. The predicted octanol–water partition coefficient (Wildman–Crippen LogP) is 4.08. The van der Waals surface area contributed by atoms with Gasteiger partial charge in [-0.1, -0.05) is 12.1 Å². The van der Waals surface area contributed by atoms with Crippen molar-refractivity contribution in [1.82, 2.24) is 0 Å². The smallest absolute Gasteiger partial charge is 0.336 e. The Kier molecular flexibility index (Phi) is 5.11. The SMILES string of the molecule is COc1ccc(-c2ccc(C(=O)O)c(C(=O)O)c2)cc1OC1CCCC1. The first-order valence-electron chi connectivity index (χ1n) is 8.45. The maximum absolute atomic E-state index is 11.4. The molecule has 6 nitrogen and oxygen atoms in total. The molecule has 26 heavy (non-hydrogen) atoms. The van der Waals surface area contributed by atoms with E-state index < -0.39 is 11.9 Å². The second-order valence-corrected chi connectivity index (χ2v) is 6.26. The van der Waals surface area contributed by atoms with E-state index in [9.17, 15) is 14.7 Å². The topological polar surface area (TPSA) is 93.1 Å². The van der Waals surface area contributed by atoms with E-state index in [1.165, 1.54) is 12.1 Å². The van der Waals surface area contributed by atoms with Crippen molar-refractivity contribution in [1.29, 1.82) is 0 Å². The molecule has 0 aromatic heterocycles. The normalized spacial score (nSPS) is 14.2. The molecular formula is C20H20O6. The number of rotatable bonds is 6. The summed E-state index contributed by atoms with van der Waals surface area (Å²) < 4.78 is 11.4. The van der Waals surface area contributed by atoms with Gasteiger partial charge in [0.15, 0.2) is 11.5 Å². The first-order valence-corrected chi connectivity index (χ1v) is 8.45. The molecule has 0 heterocycles. The molecule has 1 fully saturated rings. The number of methoxy groups -OCH3 is 1. The summed E-state index contributed by atoms with van der Waals surface area (Å²) in [5.74, 6) is -1.33. The fourth-order valence-electron chi connectivity index (χ4n) is 3.22. The predicted molar refractivity (Wildman–Crippen MR) is 95.2 cm³/mol. The molecule has 1 aliphatic carbocycles. The number of benzene rings is 2. The van der Waals surface area contributed by atoms with Crippen LogP contribution in [0.25, 0.3) is 11.1 Å². The molecule has 0 saturated heterocycles. The number of hydrogen-bond acceptors (Lipinski definition) is 4. The van der Waals surface area contributed by atoms with Gasteiger partial charge in [-0.3, -0.25) is 0 Å². The van der Waals surface area contributed by atoms with Gasteiger partial charge in [-0.05, 0) is 61.1 Å². The highest BCUT2D eigenvalue weighted by molar-refractivity contribution is 6.02. The van der Waals surface area contributed by atoms with E-state index in [4.69, 9.17) is 14.6 Å². The van der Waals surface area contributed by atoms with Crippen LogP contribution < -0.4 is 9.47 Å². The monoisotopic (exact) mass is 356 g/mol. The Balaban J connectivity index is 1.99. The molecule has 136 valence electrons.